The third-order valence-electron chi connectivity index (χ3n) is 2.67. The van der Waals surface area contributed by atoms with Crippen LogP contribution in [-0.4, -0.2) is 32.8 Å². The van der Waals surface area contributed by atoms with E-state index in [2.05, 4.69) is 39.6 Å². The third kappa shape index (κ3) is 3.37. The molecule has 0 aliphatic rings. The fourth-order valence-electron chi connectivity index (χ4n) is 1.59. The smallest absolute Gasteiger partial charge is 0.273 e. The van der Waals surface area contributed by atoms with Gasteiger partial charge in [-0.15, -0.1) is 11.3 Å². The average Bonchev–Trinajstić information content (AvgIpc) is 2.97. The van der Waals surface area contributed by atoms with Crippen LogP contribution >= 0.6 is 11.3 Å². The van der Waals surface area contributed by atoms with Crippen LogP contribution in [0, 0.1) is 6.92 Å². The fourth-order valence-corrected chi connectivity index (χ4v) is 2.46. The van der Waals surface area contributed by atoms with Crippen LogP contribution in [0.1, 0.15) is 46.6 Å². The van der Waals surface area contributed by atoms with Crippen molar-refractivity contribution in [1.82, 2.24) is 25.7 Å². The number of nitrogens with zero attached hydrogens (tertiary/aromatic N) is 3. The molecule has 0 aliphatic carbocycles. The molecule has 2 N–H and O–H groups in total. The highest BCUT2D eigenvalue weighted by molar-refractivity contribution is 7.09. The van der Waals surface area contributed by atoms with Crippen LogP contribution in [0.4, 0.5) is 0 Å². The van der Waals surface area contributed by atoms with Crippen LogP contribution in [0.25, 0.3) is 0 Å². The first-order valence-corrected chi connectivity index (χ1v) is 7.05. The van der Waals surface area contributed by atoms with E-state index in [1.807, 2.05) is 5.38 Å². The number of carbonyl (C=O) groups excluding carboxylic acids is 1. The van der Waals surface area contributed by atoms with Gasteiger partial charge in [0.25, 0.3) is 5.91 Å². The van der Waals surface area contributed by atoms with E-state index < -0.39 is 0 Å². The molecule has 0 saturated heterocycles. The molecule has 102 valence electrons. The van der Waals surface area contributed by atoms with E-state index in [4.69, 9.17) is 0 Å². The third-order valence-corrected chi connectivity index (χ3v) is 3.86. The molecule has 0 fully saturated rings. The standard InChI is InChI=1S/C12H17N5OS/c1-7(2)12-14-9(6-19-12)4-5-13-11(18)10-8(3)15-17-16-10/h6-7H,4-5H2,1-3H3,(H,13,18)(H,15,16,17). The molecule has 0 aliphatic heterocycles. The molecule has 0 atom stereocenters. The van der Waals surface area contributed by atoms with Crippen LogP contribution in [0.2, 0.25) is 0 Å². The number of amides is 1. The van der Waals surface area contributed by atoms with E-state index in [9.17, 15) is 4.79 Å². The van der Waals surface area contributed by atoms with Gasteiger partial charge in [-0.05, 0) is 6.92 Å². The number of hydrogen-bond donors (Lipinski definition) is 2. The number of aryl methyl sites for hydroxylation is 1. The molecule has 19 heavy (non-hydrogen) atoms. The average molecular weight is 279 g/mol. The molecule has 0 unspecified atom stereocenters. The maximum atomic E-state index is 11.8. The summed E-state index contributed by atoms with van der Waals surface area (Å²) in [6.45, 7) is 6.54. The van der Waals surface area contributed by atoms with Crippen LogP contribution in [0.15, 0.2) is 5.38 Å². The van der Waals surface area contributed by atoms with Crippen LogP contribution < -0.4 is 5.32 Å². The molecular weight excluding hydrogens is 262 g/mol. The molecule has 2 rings (SSSR count). The van der Waals surface area contributed by atoms with Crippen molar-refractivity contribution in [1.29, 1.82) is 0 Å². The van der Waals surface area contributed by atoms with Crippen molar-refractivity contribution in [3.63, 3.8) is 0 Å². The zero-order chi connectivity index (χ0) is 13.8. The van der Waals surface area contributed by atoms with E-state index in [0.717, 1.165) is 17.1 Å². The van der Waals surface area contributed by atoms with E-state index in [1.165, 1.54) is 0 Å². The van der Waals surface area contributed by atoms with Gasteiger partial charge in [-0.3, -0.25) is 4.79 Å². The first kappa shape index (κ1) is 13.7. The fraction of sp³-hybridized carbons (Fsp3) is 0.500. The molecule has 2 aromatic rings. The molecule has 0 bridgehead atoms. The number of aromatic amines is 1. The second-order valence-electron chi connectivity index (χ2n) is 4.60. The number of aromatic nitrogens is 4. The Morgan fingerprint density at radius 1 is 1.47 bits per heavy atom. The largest absolute Gasteiger partial charge is 0.350 e. The van der Waals surface area contributed by atoms with Crippen LogP contribution in [0.3, 0.4) is 0 Å². The number of rotatable bonds is 5. The van der Waals surface area contributed by atoms with Crippen LogP contribution in [0.5, 0.6) is 0 Å². The zero-order valence-electron chi connectivity index (χ0n) is 11.2. The lowest BCUT2D eigenvalue weighted by Gasteiger charge is -2.01. The number of thiazole rings is 1. The number of H-pyrrole nitrogens is 1. The Balaban J connectivity index is 1.83. The maximum Gasteiger partial charge on any atom is 0.273 e. The number of nitrogens with one attached hydrogen (secondary N) is 2. The summed E-state index contributed by atoms with van der Waals surface area (Å²) in [6, 6.07) is 0. The molecule has 6 nitrogen and oxygen atoms in total. The topological polar surface area (TPSA) is 83.6 Å². The normalized spacial score (nSPS) is 10.9. The van der Waals surface area contributed by atoms with Gasteiger partial charge < -0.3 is 5.32 Å². The van der Waals surface area contributed by atoms with Crippen LogP contribution in [-0.2, 0) is 6.42 Å². The summed E-state index contributed by atoms with van der Waals surface area (Å²) in [5.41, 5.74) is 1.97. The van der Waals surface area contributed by atoms with Gasteiger partial charge in [0.05, 0.1) is 16.4 Å². The summed E-state index contributed by atoms with van der Waals surface area (Å²) < 4.78 is 0. The Morgan fingerprint density at radius 3 is 2.84 bits per heavy atom. The highest BCUT2D eigenvalue weighted by atomic mass is 32.1. The van der Waals surface area contributed by atoms with Crippen molar-refractivity contribution in [3.05, 3.63) is 27.5 Å². The van der Waals surface area contributed by atoms with E-state index in [1.54, 1.807) is 18.3 Å². The molecule has 0 saturated carbocycles. The Kier molecular flexibility index (Phi) is 4.26. The van der Waals surface area contributed by atoms with Crippen molar-refractivity contribution >= 4 is 17.2 Å². The second kappa shape index (κ2) is 5.92. The Labute approximate surface area is 115 Å². The second-order valence-corrected chi connectivity index (χ2v) is 5.48. The van der Waals surface area contributed by atoms with Crippen molar-refractivity contribution in [2.75, 3.05) is 6.54 Å². The van der Waals surface area contributed by atoms with Gasteiger partial charge in [-0.1, -0.05) is 13.8 Å². The van der Waals surface area contributed by atoms with Gasteiger partial charge in [0.2, 0.25) is 0 Å². The summed E-state index contributed by atoms with van der Waals surface area (Å²) in [6.07, 6.45) is 0.728. The lowest BCUT2D eigenvalue weighted by molar-refractivity contribution is 0.0948. The minimum Gasteiger partial charge on any atom is -0.350 e. The highest BCUT2D eigenvalue weighted by Gasteiger charge is 2.12. The molecule has 0 radical (unpaired) electrons. The van der Waals surface area contributed by atoms with Gasteiger partial charge in [0, 0.05) is 24.3 Å². The van der Waals surface area contributed by atoms with Crippen molar-refractivity contribution < 1.29 is 4.79 Å². The minimum atomic E-state index is -0.203. The molecule has 7 heteroatoms. The lowest BCUT2D eigenvalue weighted by Crippen LogP contribution is -2.26. The van der Waals surface area contributed by atoms with Gasteiger partial charge >= 0.3 is 0 Å². The summed E-state index contributed by atoms with van der Waals surface area (Å²) in [7, 11) is 0. The van der Waals surface area contributed by atoms with Gasteiger partial charge in [0.1, 0.15) is 0 Å². The molecule has 2 heterocycles. The zero-order valence-corrected chi connectivity index (χ0v) is 12.0. The van der Waals surface area contributed by atoms with E-state index in [-0.39, 0.29) is 5.91 Å². The Hall–Kier alpha value is -1.76. The molecule has 2 aromatic heterocycles. The molecule has 1 amide bonds. The SMILES string of the molecule is Cc1n[nH]nc1C(=O)NCCc1csc(C(C)C)n1. The minimum absolute atomic E-state index is 0.203. The summed E-state index contributed by atoms with van der Waals surface area (Å²) in [4.78, 5) is 16.3. The predicted molar refractivity (Wildman–Crippen MR) is 73.4 cm³/mol. The quantitative estimate of drug-likeness (QED) is 0.872. The first-order valence-electron chi connectivity index (χ1n) is 6.17. The first-order chi connectivity index (χ1) is 9.08. The van der Waals surface area contributed by atoms with Gasteiger partial charge in [0.15, 0.2) is 5.69 Å². The van der Waals surface area contributed by atoms with Crippen molar-refractivity contribution in [3.8, 4) is 0 Å². The summed E-state index contributed by atoms with van der Waals surface area (Å²) >= 11 is 1.67. The van der Waals surface area contributed by atoms with Crippen molar-refractivity contribution in [2.45, 2.75) is 33.1 Å². The summed E-state index contributed by atoms with van der Waals surface area (Å²) in [5, 5.41) is 16.1. The molecule has 0 spiro atoms. The molecule has 0 aromatic carbocycles. The summed E-state index contributed by atoms with van der Waals surface area (Å²) in [5.74, 6) is 0.247. The maximum absolute atomic E-state index is 11.8. The van der Waals surface area contributed by atoms with Crippen molar-refractivity contribution in [2.24, 2.45) is 0 Å². The van der Waals surface area contributed by atoms with E-state index >= 15 is 0 Å². The molecular formula is C12H17N5OS. The number of carbonyl (C=O) groups is 1. The Morgan fingerprint density at radius 2 is 2.26 bits per heavy atom. The van der Waals surface area contributed by atoms with Gasteiger partial charge in [-0.2, -0.15) is 15.4 Å². The monoisotopic (exact) mass is 279 g/mol. The van der Waals surface area contributed by atoms with E-state index in [0.29, 0.717) is 23.9 Å². The Bertz CT molecular complexity index is 560. The number of hydrogen-bond acceptors (Lipinski definition) is 5. The lowest BCUT2D eigenvalue weighted by atomic mass is 10.2. The van der Waals surface area contributed by atoms with Gasteiger partial charge in [-0.25, -0.2) is 4.98 Å². The highest BCUT2D eigenvalue weighted by Crippen LogP contribution is 2.19. The predicted octanol–water partition coefficient (Wildman–Crippen LogP) is 1.67.